The van der Waals surface area contributed by atoms with E-state index in [0.717, 1.165) is 37.7 Å². The van der Waals surface area contributed by atoms with Crippen LogP contribution in [-0.2, 0) is 0 Å². The second kappa shape index (κ2) is 8.05. The van der Waals surface area contributed by atoms with Gasteiger partial charge in [-0.1, -0.05) is 13.3 Å². The van der Waals surface area contributed by atoms with Gasteiger partial charge in [-0.3, -0.25) is 4.90 Å². The van der Waals surface area contributed by atoms with Crippen molar-refractivity contribution in [1.29, 1.82) is 0 Å². The van der Waals surface area contributed by atoms with Gasteiger partial charge in [-0.05, 0) is 56.6 Å². The molecule has 1 heterocycles. The SMILES string of the molecule is CCCOc1ccc(OCCN2CCCCC2)cc1. The van der Waals surface area contributed by atoms with Crippen LogP contribution in [0.2, 0.25) is 0 Å². The smallest absolute Gasteiger partial charge is 0.119 e. The molecule has 1 aliphatic rings. The zero-order chi connectivity index (χ0) is 13.3. The lowest BCUT2D eigenvalue weighted by Crippen LogP contribution is -2.33. The molecule has 1 aromatic carbocycles. The Bertz CT molecular complexity index is 344. The lowest BCUT2D eigenvalue weighted by atomic mass is 10.1. The maximum atomic E-state index is 5.77. The molecule has 19 heavy (non-hydrogen) atoms. The van der Waals surface area contributed by atoms with Crippen LogP contribution in [0.3, 0.4) is 0 Å². The van der Waals surface area contributed by atoms with Gasteiger partial charge in [0.25, 0.3) is 0 Å². The monoisotopic (exact) mass is 263 g/mol. The minimum atomic E-state index is 0.773. The molecule has 2 rings (SSSR count). The van der Waals surface area contributed by atoms with E-state index in [1.54, 1.807) is 0 Å². The van der Waals surface area contributed by atoms with Gasteiger partial charge in [0, 0.05) is 6.54 Å². The van der Waals surface area contributed by atoms with E-state index in [-0.39, 0.29) is 0 Å². The molecule has 3 heteroatoms. The van der Waals surface area contributed by atoms with E-state index < -0.39 is 0 Å². The molecular formula is C16H25NO2. The first-order valence-electron chi connectivity index (χ1n) is 7.46. The maximum absolute atomic E-state index is 5.77. The second-order valence-corrected chi connectivity index (χ2v) is 5.07. The summed E-state index contributed by atoms with van der Waals surface area (Å²) in [6.07, 6.45) is 5.09. The molecular weight excluding hydrogens is 238 g/mol. The Hall–Kier alpha value is -1.22. The van der Waals surface area contributed by atoms with Crippen LogP contribution in [0.25, 0.3) is 0 Å². The third-order valence-electron chi connectivity index (χ3n) is 3.42. The molecule has 1 fully saturated rings. The molecule has 0 aliphatic carbocycles. The lowest BCUT2D eigenvalue weighted by molar-refractivity contribution is 0.183. The summed E-state index contributed by atoms with van der Waals surface area (Å²) in [5, 5.41) is 0. The summed E-state index contributed by atoms with van der Waals surface area (Å²) in [6, 6.07) is 7.93. The van der Waals surface area contributed by atoms with Crippen LogP contribution in [0.5, 0.6) is 11.5 Å². The van der Waals surface area contributed by atoms with Crippen molar-refractivity contribution in [1.82, 2.24) is 4.90 Å². The molecule has 1 aromatic rings. The van der Waals surface area contributed by atoms with Gasteiger partial charge in [0.2, 0.25) is 0 Å². The van der Waals surface area contributed by atoms with Crippen LogP contribution < -0.4 is 9.47 Å². The fraction of sp³-hybridized carbons (Fsp3) is 0.625. The zero-order valence-electron chi connectivity index (χ0n) is 11.9. The van der Waals surface area contributed by atoms with E-state index in [1.165, 1.54) is 32.4 Å². The average Bonchev–Trinajstić information content (AvgIpc) is 2.47. The number of benzene rings is 1. The van der Waals surface area contributed by atoms with Gasteiger partial charge in [0.1, 0.15) is 18.1 Å². The number of piperidine rings is 1. The van der Waals surface area contributed by atoms with E-state index >= 15 is 0 Å². The molecule has 0 radical (unpaired) electrons. The quantitative estimate of drug-likeness (QED) is 0.753. The van der Waals surface area contributed by atoms with Crippen LogP contribution >= 0.6 is 0 Å². The number of rotatable bonds is 7. The third kappa shape index (κ3) is 5.11. The second-order valence-electron chi connectivity index (χ2n) is 5.07. The topological polar surface area (TPSA) is 21.7 Å². The highest BCUT2D eigenvalue weighted by molar-refractivity contribution is 5.31. The number of hydrogen-bond donors (Lipinski definition) is 0. The van der Waals surface area contributed by atoms with Gasteiger partial charge in [0.05, 0.1) is 6.61 Å². The Kier molecular flexibility index (Phi) is 6.02. The van der Waals surface area contributed by atoms with Crippen molar-refractivity contribution in [2.45, 2.75) is 32.6 Å². The Balaban J connectivity index is 1.67. The summed E-state index contributed by atoms with van der Waals surface area (Å²) < 4.78 is 11.3. The zero-order valence-corrected chi connectivity index (χ0v) is 11.9. The van der Waals surface area contributed by atoms with Crippen molar-refractivity contribution in [3.8, 4) is 11.5 Å². The maximum Gasteiger partial charge on any atom is 0.119 e. The van der Waals surface area contributed by atoms with Crippen LogP contribution in [0.4, 0.5) is 0 Å². The molecule has 0 atom stereocenters. The summed E-state index contributed by atoms with van der Waals surface area (Å²) in [4.78, 5) is 2.49. The largest absolute Gasteiger partial charge is 0.494 e. The molecule has 0 unspecified atom stereocenters. The summed E-state index contributed by atoms with van der Waals surface area (Å²) in [6.45, 7) is 7.15. The lowest BCUT2D eigenvalue weighted by Gasteiger charge is -2.26. The van der Waals surface area contributed by atoms with Crippen molar-refractivity contribution in [3.63, 3.8) is 0 Å². The number of nitrogens with zero attached hydrogens (tertiary/aromatic N) is 1. The number of likely N-dealkylation sites (tertiary alicyclic amines) is 1. The predicted molar refractivity (Wildman–Crippen MR) is 78.0 cm³/mol. The normalized spacial score (nSPS) is 16.3. The van der Waals surface area contributed by atoms with E-state index in [9.17, 15) is 0 Å². The number of ether oxygens (including phenoxy) is 2. The van der Waals surface area contributed by atoms with E-state index in [4.69, 9.17) is 9.47 Å². The predicted octanol–water partition coefficient (Wildman–Crippen LogP) is 3.34. The highest BCUT2D eigenvalue weighted by atomic mass is 16.5. The van der Waals surface area contributed by atoms with Crippen LogP contribution in [0, 0.1) is 0 Å². The van der Waals surface area contributed by atoms with Crippen LogP contribution in [0.15, 0.2) is 24.3 Å². The van der Waals surface area contributed by atoms with Crippen molar-refractivity contribution < 1.29 is 9.47 Å². The summed E-state index contributed by atoms with van der Waals surface area (Å²) in [5.74, 6) is 1.85. The highest BCUT2D eigenvalue weighted by Crippen LogP contribution is 2.18. The molecule has 0 N–H and O–H groups in total. The molecule has 106 valence electrons. The van der Waals surface area contributed by atoms with Crippen molar-refractivity contribution in [3.05, 3.63) is 24.3 Å². The summed E-state index contributed by atoms with van der Waals surface area (Å²) in [5.41, 5.74) is 0. The van der Waals surface area contributed by atoms with Gasteiger partial charge in [-0.15, -0.1) is 0 Å². The van der Waals surface area contributed by atoms with Crippen LogP contribution in [0.1, 0.15) is 32.6 Å². The molecule has 3 nitrogen and oxygen atoms in total. The highest BCUT2D eigenvalue weighted by Gasteiger charge is 2.09. The molecule has 0 aromatic heterocycles. The van der Waals surface area contributed by atoms with Crippen molar-refractivity contribution >= 4 is 0 Å². The van der Waals surface area contributed by atoms with Gasteiger partial charge >= 0.3 is 0 Å². The molecule has 0 amide bonds. The Morgan fingerprint density at radius 3 is 2.05 bits per heavy atom. The van der Waals surface area contributed by atoms with Gasteiger partial charge < -0.3 is 9.47 Å². The molecule has 1 aliphatic heterocycles. The van der Waals surface area contributed by atoms with Gasteiger partial charge in [-0.2, -0.15) is 0 Å². The minimum Gasteiger partial charge on any atom is -0.494 e. The molecule has 0 bridgehead atoms. The third-order valence-corrected chi connectivity index (χ3v) is 3.42. The van der Waals surface area contributed by atoms with Crippen molar-refractivity contribution in [2.75, 3.05) is 32.8 Å². The summed E-state index contributed by atoms with van der Waals surface area (Å²) in [7, 11) is 0. The molecule has 0 spiro atoms. The fourth-order valence-corrected chi connectivity index (χ4v) is 2.33. The average molecular weight is 263 g/mol. The Labute approximate surface area is 116 Å². The standard InChI is InChI=1S/C16H25NO2/c1-2-13-18-15-6-8-16(9-7-15)19-14-12-17-10-4-3-5-11-17/h6-9H,2-5,10-14H2,1H3. The Morgan fingerprint density at radius 2 is 1.47 bits per heavy atom. The van der Waals surface area contributed by atoms with Crippen molar-refractivity contribution in [2.24, 2.45) is 0 Å². The number of hydrogen-bond acceptors (Lipinski definition) is 3. The minimum absolute atomic E-state index is 0.773. The van der Waals surface area contributed by atoms with E-state index in [0.29, 0.717) is 0 Å². The van der Waals surface area contributed by atoms with Gasteiger partial charge in [0.15, 0.2) is 0 Å². The Morgan fingerprint density at radius 1 is 0.895 bits per heavy atom. The molecule has 0 saturated carbocycles. The van der Waals surface area contributed by atoms with Gasteiger partial charge in [-0.25, -0.2) is 0 Å². The molecule has 1 saturated heterocycles. The van der Waals surface area contributed by atoms with E-state index in [1.807, 2.05) is 24.3 Å². The first kappa shape index (κ1) is 14.2. The van der Waals surface area contributed by atoms with Crippen LogP contribution in [-0.4, -0.2) is 37.7 Å². The fourth-order valence-electron chi connectivity index (χ4n) is 2.33. The first-order valence-corrected chi connectivity index (χ1v) is 7.46. The first-order chi connectivity index (χ1) is 9.38. The summed E-state index contributed by atoms with van der Waals surface area (Å²) >= 11 is 0. The van der Waals surface area contributed by atoms with E-state index in [2.05, 4.69) is 11.8 Å².